The molecule has 0 aliphatic carbocycles. The summed E-state index contributed by atoms with van der Waals surface area (Å²) < 4.78 is 0. The van der Waals surface area contributed by atoms with Gasteiger partial charge in [-0.2, -0.15) is 0 Å². The van der Waals surface area contributed by atoms with E-state index in [1.165, 1.54) is 0 Å². The quantitative estimate of drug-likeness (QED) is 0.568. The minimum atomic E-state index is -1.33. The molecule has 0 spiro atoms. The molecule has 0 saturated heterocycles. The van der Waals surface area contributed by atoms with Crippen LogP contribution in [-0.2, 0) is 11.2 Å². The molecule has 5 heavy (non-hydrogen) atoms. The van der Waals surface area contributed by atoms with Crippen LogP contribution in [0, 0.1) is 0 Å². The molecule has 0 atom stereocenters. The van der Waals surface area contributed by atoms with Crippen LogP contribution >= 0.6 is 30.3 Å². The van der Waals surface area contributed by atoms with Gasteiger partial charge in [0.2, 0.25) is 0 Å². The Bertz CT molecular complexity index is 11.6. The zero-order chi connectivity index (χ0) is 3.58. The summed E-state index contributed by atoms with van der Waals surface area (Å²) in [6.07, 6.45) is 0. The van der Waals surface area contributed by atoms with E-state index in [4.69, 9.17) is 30.3 Å². The first-order chi connectivity index (χ1) is 1.73. The van der Waals surface area contributed by atoms with Crippen molar-refractivity contribution in [2.24, 2.45) is 0 Å². The van der Waals surface area contributed by atoms with Crippen LogP contribution in [0.4, 0.5) is 0 Å². The van der Waals surface area contributed by atoms with Gasteiger partial charge in [-0.3, -0.25) is 0 Å². The van der Waals surface area contributed by atoms with Crippen LogP contribution in [0.1, 0.15) is 0 Å². The monoisotopic (exact) mass is 178 g/mol. The molecular formula is H3Cl3FeN. The summed E-state index contributed by atoms with van der Waals surface area (Å²) in [6.45, 7) is 0. The number of hydrogen-bond acceptors (Lipinski definition) is 1. The van der Waals surface area contributed by atoms with Crippen LogP contribution in [0.15, 0.2) is 0 Å². The molecule has 0 aromatic carbocycles. The van der Waals surface area contributed by atoms with E-state index in [9.17, 15) is 0 Å². The Kier molecular flexibility index (Phi) is 10.3. The van der Waals surface area contributed by atoms with Crippen molar-refractivity contribution in [2.75, 3.05) is 0 Å². The van der Waals surface area contributed by atoms with Crippen molar-refractivity contribution in [1.82, 2.24) is 6.15 Å². The van der Waals surface area contributed by atoms with E-state index >= 15 is 0 Å². The Morgan fingerprint density at radius 1 is 1.00 bits per heavy atom. The zero-order valence-corrected chi connectivity index (χ0v) is 5.57. The average molecular weight is 179 g/mol. The predicted molar refractivity (Wildman–Crippen MR) is 22.6 cm³/mol. The fraction of sp³-hybridized carbons (Fsp3) is 0. The third-order valence-electron chi connectivity index (χ3n) is 0. The van der Waals surface area contributed by atoms with E-state index < -0.39 is 11.2 Å². The van der Waals surface area contributed by atoms with Crippen LogP contribution in [0.5, 0.6) is 0 Å². The second-order valence-electron chi connectivity index (χ2n) is 0.152. The topological polar surface area (TPSA) is 35.0 Å². The molecule has 37 valence electrons. The maximum atomic E-state index is 4.89. The Morgan fingerprint density at radius 2 is 1.00 bits per heavy atom. The first-order valence-electron chi connectivity index (χ1n) is 0.401. The second-order valence-corrected chi connectivity index (χ2v) is 5.62. The van der Waals surface area contributed by atoms with Gasteiger partial charge in [-0.15, -0.1) is 0 Å². The van der Waals surface area contributed by atoms with Crippen molar-refractivity contribution in [1.29, 1.82) is 0 Å². The summed E-state index contributed by atoms with van der Waals surface area (Å²) >= 11 is -1.33. The summed E-state index contributed by atoms with van der Waals surface area (Å²) in [5, 5.41) is 0. The molecule has 1 nitrogen and oxygen atoms in total. The number of halogens is 3. The van der Waals surface area contributed by atoms with Gasteiger partial charge in [-0.25, -0.2) is 0 Å². The Morgan fingerprint density at radius 3 is 1.00 bits per heavy atom. The van der Waals surface area contributed by atoms with Crippen LogP contribution in [0.2, 0.25) is 0 Å². The normalized spacial score (nSPS) is 9.00. The number of rotatable bonds is 0. The molecule has 0 saturated carbocycles. The molecule has 0 unspecified atom stereocenters. The van der Waals surface area contributed by atoms with Crippen molar-refractivity contribution < 1.29 is 11.2 Å². The van der Waals surface area contributed by atoms with Gasteiger partial charge >= 0.3 is 41.5 Å². The summed E-state index contributed by atoms with van der Waals surface area (Å²) in [4.78, 5) is 0. The first-order valence-corrected chi connectivity index (χ1v) is 4.96. The molecule has 5 heteroatoms. The van der Waals surface area contributed by atoms with E-state index in [0.717, 1.165) is 0 Å². The van der Waals surface area contributed by atoms with Gasteiger partial charge < -0.3 is 6.15 Å². The van der Waals surface area contributed by atoms with Crippen LogP contribution in [0.3, 0.4) is 0 Å². The molecule has 3 N–H and O–H groups in total. The predicted octanol–water partition coefficient (Wildman–Crippen LogP) is 2.23. The molecule has 0 aliphatic rings. The molecule has 0 aromatic rings. The van der Waals surface area contributed by atoms with Gasteiger partial charge in [-0.05, 0) is 0 Å². The van der Waals surface area contributed by atoms with Crippen molar-refractivity contribution in [3.05, 3.63) is 0 Å². The average Bonchev–Trinajstić information content (AvgIpc) is 0.811. The first kappa shape index (κ1) is 9.60. The van der Waals surface area contributed by atoms with Crippen molar-refractivity contribution in [3.8, 4) is 0 Å². The minimum absolute atomic E-state index is 0. The Labute approximate surface area is 47.7 Å². The third kappa shape index (κ3) is 33.0. The molecule has 0 aromatic heterocycles. The molecule has 0 aliphatic heterocycles. The van der Waals surface area contributed by atoms with Crippen molar-refractivity contribution in [2.45, 2.75) is 0 Å². The molecule has 0 rings (SSSR count). The van der Waals surface area contributed by atoms with Crippen LogP contribution < -0.4 is 6.15 Å². The van der Waals surface area contributed by atoms with E-state index in [0.29, 0.717) is 0 Å². The van der Waals surface area contributed by atoms with Crippen LogP contribution in [0.25, 0.3) is 0 Å². The molecule has 0 fully saturated rings. The van der Waals surface area contributed by atoms with E-state index in [1.54, 1.807) is 0 Å². The van der Waals surface area contributed by atoms with Gasteiger partial charge in [0, 0.05) is 0 Å². The van der Waals surface area contributed by atoms with E-state index in [-0.39, 0.29) is 6.15 Å². The fourth-order valence-electron chi connectivity index (χ4n) is 0. The SMILES string of the molecule is N.[Cl][Fe]([Cl])[Cl]. The van der Waals surface area contributed by atoms with E-state index in [2.05, 4.69) is 0 Å². The molecule has 0 radical (unpaired) electrons. The molecule has 0 bridgehead atoms. The van der Waals surface area contributed by atoms with Crippen LogP contribution in [-0.4, -0.2) is 0 Å². The van der Waals surface area contributed by atoms with Gasteiger partial charge in [0.25, 0.3) is 0 Å². The van der Waals surface area contributed by atoms with Gasteiger partial charge in [0.15, 0.2) is 0 Å². The van der Waals surface area contributed by atoms with Gasteiger partial charge in [-0.1, -0.05) is 0 Å². The Balaban J connectivity index is 0. The maximum absolute atomic E-state index is 4.89. The summed E-state index contributed by atoms with van der Waals surface area (Å²) in [5.74, 6) is 0. The van der Waals surface area contributed by atoms with Crippen molar-refractivity contribution >= 4 is 30.3 Å². The Hall–Kier alpha value is 1.35. The molecule has 0 heterocycles. The number of hydrogen-bond donors (Lipinski definition) is 1. The van der Waals surface area contributed by atoms with E-state index in [1.807, 2.05) is 0 Å². The second kappa shape index (κ2) is 5.35. The standard InChI is InChI=1S/3ClH.Fe.H3N/h3*1H;;1H3/q;;;+3;/p-3. The summed E-state index contributed by atoms with van der Waals surface area (Å²) in [7, 11) is 14.7. The zero-order valence-electron chi connectivity index (χ0n) is 2.19. The molecular weight excluding hydrogens is 176 g/mol. The van der Waals surface area contributed by atoms with Gasteiger partial charge in [0.1, 0.15) is 0 Å². The summed E-state index contributed by atoms with van der Waals surface area (Å²) in [5.41, 5.74) is 0. The van der Waals surface area contributed by atoms with Gasteiger partial charge in [0.05, 0.1) is 0 Å². The molecule has 0 amide bonds. The fourth-order valence-corrected chi connectivity index (χ4v) is 0. The summed E-state index contributed by atoms with van der Waals surface area (Å²) in [6, 6.07) is 0. The third-order valence-corrected chi connectivity index (χ3v) is 0. The van der Waals surface area contributed by atoms with Crippen molar-refractivity contribution in [3.63, 3.8) is 0 Å².